The number of rotatable bonds is 6. The van der Waals surface area contributed by atoms with E-state index in [0.29, 0.717) is 48.3 Å². The number of aliphatic hydroxyl groups is 1. The van der Waals surface area contributed by atoms with Crippen molar-refractivity contribution in [2.24, 2.45) is 0 Å². The molecule has 0 saturated carbocycles. The SMILES string of the molecule is O=C(NC1CCSC1=O)c1cc(Cl)ccc1SC1=C(O)C(=O)N(c2cccc(Cl)c2)C1c1ccc(Cl)cc1. The molecule has 2 aliphatic heterocycles. The maximum absolute atomic E-state index is 13.4. The molecule has 2 atom stereocenters. The Morgan fingerprint density at radius 2 is 1.68 bits per heavy atom. The van der Waals surface area contributed by atoms with Crippen LogP contribution in [-0.4, -0.2) is 33.8 Å². The van der Waals surface area contributed by atoms with Crippen LogP contribution < -0.4 is 10.2 Å². The number of carbonyl (C=O) groups is 3. The number of anilines is 1. The van der Waals surface area contributed by atoms with Gasteiger partial charge in [0.05, 0.1) is 22.6 Å². The van der Waals surface area contributed by atoms with E-state index >= 15 is 0 Å². The van der Waals surface area contributed by atoms with E-state index in [4.69, 9.17) is 34.8 Å². The fourth-order valence-electron chi connectivity index (χ4n) is 4.28. The van der Waals surface area contributed by atoms with Gasteiger partial charge in [-0.05, 0) is 60.5 Å². The molecular weight excluding hydrogens is 587 g/mol. The van der Waals surface area contributed by atoms with E-state index in [1.54, 1.807) is 60.7 Å². The molecule has 1 saturated heterocycles. The first-order chi connectivity index (χ1) is 18.2. The standard InChI is InChI=1S/C27H19Cl3N2O4S2/c28-15-6-4-14(5-7-15)22-24(23(33)26(35)32(22)18-3-1-2-16(29)12-18)38-21-9-8-17(30)13-19(21)25(34)31-20-10-11-37-27(20)36/h1-9,12-13,20,22,33H,10-11H2,(H,31,34). The highest BCUT2D eigenvalue weighted by Gasteiger charge is 2.42. The minimum Gasteiger partial charge on any atom is -0.502 e. The predicted molar refractivity (Wildman–Crippen MR) is 153 cm³/mol. The summed E-state index contributed by atoms with van der Waals surface area (Å²) in [5, 5.41) is 15.1. The van der Waals surface area contributed by atoms with E-state index < -0.39 is 29.7 Å². The van der Waals surface area contributed by atoms with Gasteiger partial charge in [0.2, 0.25) is 5.12 Å². The van der Waals surface area contributed by atoms with Gasteiger partial charge in [-0.2, -0.15) is 0 Å². The highest BCUT2D eigenvalue weighted by Crippen LogP contribution is 2.49. The highest BCUT2D eigenvalue weighted by molar-refractivity contribution is 8.14. The molecule has 0 spiro atoms. The lowest BCUT2D eigenvalue weighted by Crippen LogP contribution is -2.37. The van der Waals surface area contributed by atoms with Crippen molar-refractivity contribution in [3.63, 3.8) is 0 Å². The van der Waals surface area contributed by atoms with Gasteiger partial charge >= 0.3 is 0 Å². The molecule has 0 bridgehead atoms. The second-order valence-corrected chi connectivity index (χ2v) is 12.0. The zero-order valence-electron chi connectivity index (χ0n) is 19.5. The van der Waals surface area contributed by atoms with Crippen molar-refractivity contribution in [1.82, 2.24) is 5.32 Å². The number of nitrogens with one attached hydrogen (secondary N) is 1. The fraction of sp³-hybridized carbons (Fsp3) is 0.148. The number of benzene rings is 3. The van der Waals surface area contributed by atoms with E-state index in [-0.39, 0.29) is 10.7 Å². The van der Waals surface area contributed by atoms with Crippen molar-refractivity contribution < 1.29 is 19.5 Å². The number of nitrogens with zero attached hydrogens (tertiary/aromatic N) is 1. The molecule has 1 fully saturated rings. The number of carbonyl (C=O) groups excluding carboxylic acids is 3. The molecule has 5 rings (SSSR count). The fourth-order valence-corrected chi connectivity index (χ4v) is 6.86. The monoisotopic (exact) mass is 604 g/mol. The number of halogens is 3. The second-order valence-electron chi connectivity index (χ2n) is 8.55. The Kier molecular flexibility index (Phi) is 7.98. The van der Waals surface area contributed by atoms with Gasteiger partial charge in [0.25, 0.3) is 11.8 Å². The number of hydrogen-bond acceptors (Lipinski definition) is 6. The predicted octanol–water partition coefficient (Wildman–Crippen LogP) is 7.06. The third kappa shape index (κ3) is 5.42. The third-order valence-corrected chi connectivity index (χ3v) is 9.02. The summed E-state index contributed by atoms with van der Waals surface area (Å²) >= 11 is 20.8. The highest BCUT2D eigenvalue weighted by atomic mass is 35.5. The molecule has 38 heavy (non-hydrogen) atoms. The maximum Gasteiger partial charge on any atom is 0.294 e. The van der Waals surface area contributed by atoms with E-state index in [9.17, 15) is 19.5 Å². The van der Waals surface area contributed by atoms with Crippen molar-refractivity contribution in [3.05, 3.63) is 104 Å². The minimum atomic E-state index is -0.720. The van der Waals surface area contributed by atoms with Crippen LogP contribution in [0, 0.1) is 0 Å². The summed E-state index contributed by atoms with van der Waals surface area (Å²) in [5.41, 5.74) is 1.43. The molecule has 0 radical (unpaired) electrons. The Morgan fingerprint density at radius 3 is 2.37 bits per heavy atom. The topological polar surface area (TPSA) is 86.7 Å². The van der Waals surface area contributed by atoms with Crippen molar-refractivity contribution in [1.29, 1.82) is 0 Å². The lowest BCUT2D eigenvalue weighted by molar-refractivity contribution is -0.117. The van der Waals surface area contributed by atoms with Gasteiger partial charge in [0.1, 0.15) is 0 Å². The molecule has 0 aromatic heterocycles. The molecule has 2 unspecified atom stereocenters. The van der Waals surface area contributed by atoms with Crippen LogP contribution >= 0.6 is 58.3 Å². The average Bonchev–Trinajstić information content (AvgIpc) is 3.40. The quantitative estimate of drug-likeness (QED) is 0.313. The summed E-state index contributed by atoms with van der Waals surface area (Å²) in [5.74, 6) is -0.872. The van der Waals surface area contributed by atoms with Gasteiger partial charge < -0.3 is 10.4 Å². The Morgan fingerprint density at radius 1 is 0.974 bits per heavy atom. The summed E-state index contributed by atoms with van der Waals surface area (Å²) < 4.78 is 0. The van der Waals surface area contributed by atoms with Crippen LogP contribution in [0.25, 0.3) is 0 Å². The lowest BCUT2D eigenvalue weighted by Gasteiger charge is -2.27. The summed E-state index contributed by atoms with van der Waals surface area (Å²) in [6.45, 7) is 0. The molecule has 2 N–H and O–H groups in total. The number of thioether (sulfide) groups is 2. The van der Waals surface area contributed by atoms with Crippen LogP contribution in [0.3, 0.4) is 0 Å². The summed E-state index contributed by atoms with van der Waals surface area (Å²) in [6, 6.07) is 17.2. The molecule has 2 heterocycles. The molecular formula is C27H19Cl3N2O4S2. The Bertz CT molecular complexity index is 1480. The molecule has 2 aliphatic rings. The number of aliphatic hydroxyl groups excluding tert-OH is 1. The summed E-state index contributed by atoms with van der Waals surface area (Å²) in [7, 11) is 0. The minimum absolute atomic E-state index is 0.0868. The normalized spacial score (nSPS) is 19.4. The Balaban J connectivity index is 1.55. The summed E-state index contributed by atoms with van der Waals surface area (Å²) in [4.78, 5) is 40.9. The van der Waals surface area contributed by atoms with E-state index in [1.165, 1.54) is 22.7 Å². The van der Waals surface area contributed by atoms with Crippen LogP contribution in [0.5, 0.6) is 0 Å². The van der Waals surface area contributed by atoms with Crippen LogP contribution in [0.2, 0.25) is 15.1 Å². The average molecular weight is 606 g/mol. The first kappa shape index (κ1) is 27.0. The van der Waals surface area contributed by atoms with Gasteiger partial charge in [-0.25, -0.2) is 0 Å². The van der Waals surface area contributed by atoms with Crippen molar-refractivity contribution >= 4 is 80.9 Å². The molecule has 2 amide bonds. The number of hydrogen-bond donors (Lipinski definition) is 2. The molecule has 3 aromatic carbocycles. The molecule has 194 valence electrons. The lowest BCUT2D eigenvalue weighted by atomic mass is 10.1. The van der Waals surface area contributed by atoms with E-state index in [1.807, 2.05) is 0 Å². The van der Waals surface area contributed by atoms with E-state index in [0.717, 1.165) is 11.8 Å². The second kappa shape index (κ2) is 11.2. The van der Waals surface area contributed by atoms with Crippen molar-refractivity contribution in [2.45, 2.75) is 23.4 Å². The Labute approximate surface area is 242 Å². The zero-order valence-corrected chi connectivity index (χ0v) is 23.4. The van der Waals surface area contributed by atoms with Gasteiger partial charge in [-0.1, -0.05) is 76.5 Å². The first-order valence-electron chi connectivity index (χ1n) is 11.5. The van der Waals surface area contributed by atoms with E-state index in [2.05, 4.69) is 5.32 Å². The van der Waals surface area contributed by atoms with Gasteiger partial charge in [-0.3, -0.25) is 19.3 Å². The molecule has 3 aromatic rings. The van der Waals surface area contributed by atoms with Crippen LogP contribution in [-0.2, 0) is 9.59 Å². The largest absolute Gasteiger partial charge is 0.502 e. The summed E-state index contributed by atoms with van der Waals surface area (Å²) in [6.07, 6.45) is 0.548. The number of amides is 2. The third-order valence-electron chi connectivity index (χ3n) is 6.08. The Hall–Kier alpha value is -2.62. The zero-order chi connectivity index (χ0) is 27.0. The maximum atomic E-state index is 13.4. The first-order valence-corrected chi connectivity index (χ1v) is 14.4. The molecule has 11 heteroatoms. The smallest absolute Gasteiger partial charge is 0.294 e. The van der Waals surface area contributed by atoms with Crippen molar-refractivity contribution in [2.75, 3.05) is 10.7 Å². The van der Waals surface area contributed by atoms with Crippen LogP contribution in [0.15, 0.2) is 82.3 Å². The van der Waals surface area contributed by atoms with Crippen molar-refractivity contribution in [3.8, 4) is 0 Å². The van der Waals surface area contributed by atoms with Gasteiger partial charge in [0, 0.05) is 31.4 Å². The van der Waals surface area contributed by atoms with Crippen LogP contribution in [0.1, 0.15) is 28.4 Å². The van der Waals surface area contributed by atoms with Crippen LogP contribution in [0.4, 0.5) is 5.69 Å². The van der Waals surface area contributed by atoms with Gasteiger partial charge in [0.15, 0.2) is 5.76 Å². The molecule has 6 nitrogen and oxygen atoms in total. The van der Waals surface area contributed by atoms with Gasteiger partial charge in [-0.15, -0.1) is 0 Å². The molecule has 0 aliphatic carbocycles.